The van der Waals surface area contributed by atoms with E-state index in [-0.39, 0.29) is 63.3 Å². The summed E-state index contributed by atoms with van der Waals surface area (Å²) in [6.45, 7) is 6.91. The van der Waals surface area contributed by atoms with E-state index in [1.807, 2.05) is 0 Å². The Morgan fingerprint density at radius 3 is 1.92 bits per heavy atom. The summed E-state index contributed by atoms with van der Waals surface area (Å²) in [5.74, 6) is -9.64. The molecule has 1 aliphatic rings. The molecule has 0 bridgehead atoms. The van der Waals surface area contributed by atoms with Crippen molar-refractivity contribution < 1.29 is 58.5 Å². The van der Waals surface area contributed by atoms with Crippen LogP contribution in [0.4, 0.5) is 0 Å². The average molecular weight is 1060 g/mol. The fraction of sp³-hybridized carbons (Fsp3) is 0.510. The molecule has 1 aliphatic heterocycles. The van der Waals surface area contributed by atoms with Gasteiger partial charge >= 0.3 is 11.9 Å². The van der Waals surface area contributed by atoms with Crippen LogP contribution in [0, 0.1) is 11.8 Å². The zero-order chi connectivity index (χ0) is 56.2. The topological polar surface area (TPSA) is 398 Å². The van der Waals surface area contributed by atoms with Gasteiger partial charge in [-0.25, -0.2) is 9.78 Å². The minimum atomic E-state index is -1.51. The maximum absolute atomic E-state index is 14.6. The summed E-state index contributed by atoms with van der Waals surface area (Å²) in [7, 11) is 1.72. The highest BCUT2D eigenvalue weighted by molar-refractivity contribution is 5.98. The highest BCUT2D eigenvalue weighted by atomic mass is 16.4. The fourth-order valence-electron chi connectivity index (χ4n) is 8.48. The van der Waals surface area contributed by atoms with Gasteiger partial charge in [-0.15, -0.1) is 0 Å². The van der Waals surface area contributed by atoms with Crippen LogP contribution in [-0.4, -0.2) is 150 Å². The number of rotatable bonds is 29. The molecule has 0 saturated carbocycles. The Morgan fingerprint density at radius 1 is 0.737 bits per heavy atom. The van der Waals surface area contributed by atoms with Gasteiger partial charge in [0.05, 0.1) is 24.5 Å². The van der Waals surface area contributed by atoms with Crippen LogP contribution in [0.1, 0.15) is 83.0 Å². The number of benzene rings is 2. The summed E-state index contributed by atoms with van der Waals surface area (Å²) in [5.41, 5.74) is 18.2. The summed E-state index contributed by atoms with van der Waals surface area (Å²) in [6, 6.07) is 3.95. The molecular weight excluding hydrogens is 987 g/mol. The normalized spacial score (nSPS) is 16.3. The van der Waals surface area contributed by atoms with Crippen molar-refractivity contribution in [3.8, 4) is 5.75 Å². The van der Waals surface area contributed by atoms with Crippen molar-refractivity contribution in [2.75, 3.05) is 13.1 Å². The van der Waals surface area contributed by atoms with E-state index in [2.05, 4.69) is 41.9 Å². The number of aromatic hydroxyl groups is 1. The van der Waals surface area contributed by atoms with Gasteiger partial charge in [-0.05, 0) is 60.8 Å². The molecule has 1 fully saturated rings. The lowest BCUT2D eigenvalue weighted by molar-refractivity contribution is -0.145. The van der Waals surface area contributed by atoms with Crippen molar-refractivity contribution >= 4 is 59.2 Å². The number of aliphatic carboxylic acids is 2. The number of likely N-dealkylation sites (tertiary alicyclic amines) is 1. The van der Waals surface area contributed by atoms with E-state index in [9.17, 15) is 58.5 Å². The molecular formula is C51H73N13O12. The predicted octanol–water partition coefficient (Wildman–Crippen LogP) is -1.30. The number of carboxylic acid groups (broad SMARTS) is 2. The zero-order valence-electron chi connectivity index (χ0n) is 43.4. The first kappa shape index (κ1) is 60.5. The molecule has 414 valence electrons. The molecule has 7 amide bonds. The van der Waals surface area contributed by atoms with Crippen LogP contribution in [0.15, 0.2) is 72.1 Å². The molecule has 25 heteroatoms. The quantitative estimate of drug-likeness (QED) is 0.0218. The van der Waals surface area contributed by atoms with Gasteiger partial charge in [0.2, 0.25) is 41.4 Å². The molecule has 1 aromatic heterocycles. The average Bonchev–Trinajstić information content (AvgIpc) is 4.04. The number of nitrogens with zero attached hydrogens (tertiary/aromatic N) is 4. The number of phenolic OH excluding ortho intramolecular Hbond substituents is 1. The van der Waals surface area contributed by atoms with Crippen LogP contribution in [0.5, 0.6) is 5.75 Å². The third-order valence-electron chi connectivity index (χ3n) is 12.9. The fourth-order valence-corrected chi connectivity index (χ4v) is 8.48. The van der Waals surface area contributed by atoms with E-state index in [4.69, 9.17) is 17.2 Å². The summed E-state index contributed by atoms with van der Waals surface area (Å²) in [4.78, 5) is 132. The van der Waals surface area contributed by atoms with Crippen LogP contribution in [0.3, 0.4) is 0 Å². The van der Waals surface area contributed by atoms with Crippen molar-refractivity contribution in [3.63, 3.8) is 0 Å². The van der Waals surface area contributed by atoms with Gasteiger partial charge in [0, 0.05) is 45.6 Å². The number of hydrogen-bond acceptors (Lipinski definition) is 13. The van der Waals surface area contributed by atoms with E-state index < -0.39 is 120 Å². The van der Waals surface area contributed by atoms with E-state index in [1.54, 1.807) is 75.8 Å². The minimum Gasteiger partial charge on any atom is -0.508 e. The molecule has 4 rings (SSSR count). The number of carboxylic acids is 2. The second kappa shape index (κ2) is 29.1. The molecule has 25 nitrogen and oxygen atoms in total. The second-order valence-corrected chi connectivity index (χ2v) is 19.3. The number of amides is 7. The molecule has 3 aromatic rings. The van der Waals surface area contributed by atoms with Crippen LogP contribution in [-0.2, 0) is 69.5 Å². The Morgan fingerprint density at radius 2 is 1.33 bits per heavy atom. The van der Waals surface area contributed by atoms with Crippen molar-refractivity contribution in [3.05, 3.63) is 83.9 Å². The van der Waals surface area contributed by atoms with Gasteiger partial charge < -0.3 is 73.9 Å². The first-order chi connectivity index (χ1) is 36.0. The van der Waals surface area contributed by atoms with E-state index in [0.29, 0.717) is 29.7 Å². The molecule has 0 aliphatic carbocycles. The van der Waals surface area contributed by atoms with Crippen LogP contribution < -0.4 is 49.1 Å². The lowest BCUT2D eigenvalue weighted by Crippen LogP contribution is -2.62. The van der Waals surface area contributed by atoms with Gasteiger partial charge in [0.1, 0.15) is 48.0 Å². The van der Waals surface area contributed by atoms with Gasteiger partial charge in [-0.1, -0.05) is 76.6 Å². The number of guanidine groups is 1. The Labute approximate surface area is 440 Å². The number of nitrogens with one attached hydrogen (secondary N) is 6. The monoisotopic (exact) mass is 1060 g/mol. The number of carbonyl (C=O) groups excluding carboxylic acids is 7. The number of nitrogens with two attached hydrogens (primary N) is 3. The lowest BCUT2D eigenvalue weighted by atomic mass is 9.96. The molecule has 1 saturated heterocycles. The smallest absolute Gasteiger partial charge is 0.326 e. The molecule has 76 heavy (non-hydrogen) atoms. The Bertz CT molecular complexity index is 2520. The van der Waals surface area contributed by atoms with Gasteiger partial charge in [0.15, 0.2) is 5.96 Å². The summed E-state index contributed by atoms with van der Waals surface area (Å²) < 4.78 is 1.65. The van der Waals surface area contributed by atoms with Crippen molar-refractivity contribution in [1.29, 1.82) is 0 Å². The van der Waals surface area contributed by atoms with Gasteiger partial charge in [0.25, 0.3) is 0 Å². The Kier molecular flexibility index (Phi) is 23.2. The Hall–Kier alpha value is -8.09. The number of carbonyl (C=O) groups is 9. The van der Waals surface area contributed by atoms with Gasteiger partial charge in [-0.2, -0.15) is 0 Å². The van der Waals surface area contributed by atoms with Crippen molar-refractivity contribution in [1.82, 2.24) is 46.4 Å². The standard InChI is InChI=1S/C51H73N13O12/c1-6-29(4)42(48(73)59-37(24-32-26-63(5)27-56-32)49(74)64-21-11-15-39(64)46(71)60-38(50(75)76)23-30-12-8-7-9-13-30)62-45(70)36(22-31-16-18-33(65)19-17-31)58-47(72)41(28(2)3)61-44(69)35(14-10-20-55-51(53)54)57-43(68)34(52)25-40(66)67/h7-9,12-13,16-19,26-29,34-39,41-42,65H,6,10-11,14-15,20-25,52H2,1-5H3,(H,57,68)(H,58,72)(H,59,73)(H,60,71)(H,61,69)(H,62,70)(H,66,67)(H,75,76)(H4,53,54,55)/t29-,34-,35-,36-,37-,38-,39-,41-,42-/m0/s1. The number of hydrogen-bond donors (Lipinski definition) is 12. The highest BCUT2D eigenvalue weighted by Gasteiger charge is 2.41. The van der Waals surface area contributed by atoms with Crippen LogP contribution >= 0.6 is 0 Å². The molecule has 15 N–H and O–H groups in total. The van der Waals surface area contributed by atoms with Crippen LogP contribution in [0.25, 0.3) is 0 Å². The van der Waals surface area contributed by atoms with Crippen molar-refractivity contribution in [2.24, 2.45) is 41.1 Å². The van der Waals surface area contributed by atoms with Crippen molar-refractivity contribution in [2.45, 2.75) is 134 Å². The Balaban J connectivity index is 1.61. The summed E-state index contributed by atoms with van der Waals surface area (Å²) in [5, 5.41) is 45.2. The number of aliphatic imine (C=N–C) groups is 1. The predicted molar refractivity (Wildman–Crippen MR) is 277 cm³/mol. The number of imidazole rings is 1. The molecule has 0 radical (unpaired) electrons. The molecule has 2 heterocycles. The number of phenols is 1. The molecule has 0 spiro atoms. The largest absolute Gasteiger partial charge is 0.508 e. The minimum absolute atomic E-state index is 0.00225. The third kappa shape index (κ3) is 18.7. The number of aryl methyl sites for hydroxylation is 1. The molecule has 0 unspecified atom stereocenters. The first-order valence-corrected chi connectivity index (χ1v) is 25.1. The first-order valence-electron chi connectivity index (χ1n) is 25.1. The number of aromatic nitrogens is 2. The molecule has 9 atom stereocenters. The maximum Gasteiger partial charge on any atom is 0.326 e. The zero-order valence-corrected chi connectivity index (χ0v) is 43.4. The highest BCUT2D eigenvalue weighted by Crippen LogP contribution is 2.21. The summed E-state index contributed by atoms with van der Waals surface area (Å²) in [6.07, 6.45) is 3.22. The molecule has 2 aromatic carbocycles. The van der Waals surface area contributed by atoms with E-state index in [0.717, 1.165) is 0 Å². The van der Waals surface area contributed by atoms with Crippen LogP contribution in [0.2, 0.25) is 0 Å². The maximum atomic E-state index is 14.6. The summed E-state index contributed by atoms with van der Waals surface area (Å²) >= 11 is 0. The third-order valence-corrected chi connectivity index (χ3v) is 12.9. The SMILES string of the molecule is CC[C@H](C)[C@H](NC(=O)[C@H](Cc1ccc(O)cc1)NC(=O)[C@@H](NC(=O)[C@H](CCCN=C(N)N)NC(=O)[C@@H](N)CC(=O)O)C(C)C)C(=O)N[C@@H](Cc1cn(C)cn1)C(=O)N1CCC[C@H]1C(=O)N[C@@H](Cc1ccccc1)C(=O)O. The lowest BCUT2D eigenvalue weighted by Gasteiger charge is -2.32. The van der Waals surface area contributed by atoms with E-state index in [1.165, 1.54) is 35.5 Å². The van der Waals surface area contributed by atoms with Gasteiger partial charge in [-0.3, -0.25) is 43.3 Å². The van der Waals surface area contributed by atoms with E-state index >= 15 is 0 Å². The second-order valence-electron chi connectivity index (χ2n) is 19.3.